The molecule has 0 aliphatic carbocycles. The molecule has 6 nitrogen and oxygen atoms in total. The number of ether oxygens (including phenoxy) is 2. The second kappa shape index (κ2) is 7.78. The summed E-state index contributed by atoms with van der Waals surface area (Å²) >= 11 is 1.57. The maximum absolute atomic E-state index is 11.4. The number of benzene rings is 1. The molecular weight excluding hydrogens is 350 g/mol. The smallest absolute Gasteiger partial charge is 0.310 e. The molecule has 26 heavy (non-hydrogen) atoms. The Kier molecular flexibility index (Phi) is 5.46. The van der Waals surface area contributed by atoms with Crippen LogP contribution in [-0.2, 0) is 10.5 Å². The van der Waals surface area contributed by atoms with Crippen LogP contribution in [0.2, 0.25) is 0 Å². The Balaban J connectivity index is 1.76. The third-order valence-electron chi connectivity index (χ3n) is 4.05. The van der Waals surface area contributed by atoms with Crippen molar-refractivity contribution in [3.63, 3.8) is 0 Å². The molecule has 1 aromatic carbocycles. The second-order valence-electron chi connectivity index (χ2n) is 5.88. The van der Waals surface area contributed by atoms with Crippen molar-refractivity contribution >= 4 is 28.8 Å². The van der Waals surface area contributed by atoms with Gasteiger partial charge in [-0.25, -0.2) is 4.98 Å². The van der Waals surface area contributed by atoms with Crippen molar-refractivity contribution in [3.8, 4) is 11.5 Å². The molecule has 2 heterocycles. The summed E-state index contributed by atoms with van der Waals surface area (Å²) in [5, 5.41) is 0.791. The molecule has 0 saturated carbocycles. The summed E-state index contributed by atoms with van der Waals surface area (Å²) in [6.07, 6.45) is 2.17. The number of hydrogen-bond acceptors (Lipinski definition) is 6. The van der Waals surface area contributed by atoms with E-state index in [0.717, 1.165) is 38.8 Å². The van der Waals surface area contributed by atoms with E-state index < -0.39 is 0 Å². The van der Waals surface area contributed by atoms with E-state index in [0.29, 0.717) is 17.9 Å². The zero-order chi connectivity index (χ0) is 18.7. The summed E-state index contributed by atoms with van der Waals surface area (Å²) in [5.74, 6) is 1.82. The van der Waals surface area contributed by atoms with Gasteiger partial charge in [-0.3, -0.25) is 9.78 Å². The molecule has 3 aromatic rings. The van der Waals surface area contributed by atoms with Crippen molar-refractivity contribution < 1.29 is 14.3 Å². The Morgan fingerprint density at radius 1 is 1.31 bits per heavy atom. The average Bonchev–Trinajstić information content (AvgIpc) is 3.03. The van der Waals surface area contributed by atoms with Gasteiger partial charge in [0, 0.05) is 35.6 Å². The van der Waals surface area contributed by atoms with E-state index in [4.69, 9.17) is 9.47 Å². The lowest BCUT2D eigenvalue weighted by molar-refractivity contribution is -0.134. The third-order valence-corrected chi connectivity index (χ3v) is 4.93. The second-order valence-corrected chi connectivity index (χ2v) is 6.85. The van der Waals surface area contributed by atoms with Crippen LogP contribution in [0.3, 0.4) is 0 Å². The average molecular weight is 371 g/mol. The molecule has 0 aliphatic rings. The zero-order valence-corrected chi connectivity index (χ0v) is 16.1. The SMILES string of the molecule is CCC(=O)Oc1ccc2nc(SCc3ncc(C)c(OC)c3C)[nH]c2c1. The minimum absolute atomic E-state index is 0.256. The van der Waals surface area contributed by atoms with E-state index in [1.54, 1.807) is 37.9 Å². The van der Waals surface area contributed by atoms with Gasteiger partial charge in [-0.15, -0.1) is 0 Å². The number of carbonyl (C=O) groups excluding carboxylic acids is 1. The van der Waals surface area contributed by atoms with Gasteiger partial charge in [0.1, 0.15) is 11.5 Å². The van der Waals surface area contributed by atoms with E-state index in [-0.39, 0.29) is 5.97 Å². The van der Waals surface area contributed by atoms with Gasteiger partial charge in [0.2, 0.25) is 0 Å². The van der Waals surface area contributed by atoms with E-state index in [9.17, 15) is 4.79 Å². The molecule has 1 N–H and O–H groups in total. The lowest BCUT2D eigenvalue weighted by atomic mass is 10.1. The summed E-state index contributed by atoms with van der Waals surface area (Å²) < 4.78 is 10.7. The van der Waals surface area contributed by atoms with Gasteiger partial charge in [-0.05, 0) is 26.0 Å². The van der Waals surface area contributed by atoms with Gasteiger partial charge in [-0.1, -0.05) is 18.7 Å². The lowest BCUT2D eigenvalue weighted by Gasteiger charge is -2.11. The minimum atomic E-state index is -0.256. The van der Waals surface area contributed by atoms with Crippen molar-refractivity contribution in [2.75, 3.05) is 7.11 Å². The van der Waals surface area contributed by atoms with Crippen LogP contribution in [-0.4, -0.2) is 28.0 Å². The van der Waals surface area contributed by atoms with E-state index in [1.807, 2.05) is 26.1 Å². The van der Waals surface area contributed by atoms with Gasteiger partial charge in [-0.2, -0.15) is 0 Å². The van der Waals surface area contributed by atoms with Crippen molar-refractivity contribution in [1.29, 1.82) is 0 Å². The first-order valence-corrected chi connectivity index (χ1v) is 9.32. The Labute approximate surface area is 156 Å². The number of carbonyl (C=O) groups is 1. The number of imidazole rings is 1. The Morgan fingerprint density at radius 2 is 2.12 bits per heavy atom. The van der Waals surface area contributed by atoms with Crippen LogP contribution in [0, 0.1) is 13.8 Å². The maximum Gasteiger partial charge on any atom is 0.310 e. The first-order chi connectivity index (χ1) is 12.5. The quantitative estimate of drug-likeness (QED) is 0.398. The van der Waals surface area contributed by atoms with Gasteiger partial charge in [0.15, 0.2) is 5.16 Å². The predicted octanol–water partition coefficient (Wildman–Crippen LogP) is 4.19. The molecule has 0 bridgehead atoms. The molecule has 0 unspecified atom stereocenters. The molecule has 3 rings (SSSR count). The van der Waals surface area contributed by atoms with Crippen LogP contribution >= 0.6 is 11.8 Å². The monoisotopic (exact) mass is 371 g/mol. The number of nitrogens with one attached hydrogen (secondary N) is 1. The molecule has 7 heteroatoms. The molecule has 2 aromatic heterocycles. The molecule has 0 radical (unpaired) electrons. The number of thioether (sulfide) groups is 1. The van der Waals surface area contributed by atoms with Gasteiger partial charge < -0.3 is 14.5 Å². The van der Waals surface area contributed by atoms with Crippen molar-refractivity contribution in [2.45, 2.75) is 38.1 Å². The van der Waals surface area contributed by atoms with Crippen LogP contribution in [0.1, 0.15) is 30.2 Å². The first-order valence-electron chi connectivity index (χ1n) is 8.34. The molecule has 0 aliphatic heterocycles. The minimum Gasteiger partial charge on any atom is -0.496 e. The summed E-state index contributed by atoms with van der Waals surface area (Å²) in [4.78, 5) is 23.8. The lowest BCUT2D eigenvalue weighted by Crippen LogP contribution is -2.05. The zero-order valence-electron chi connectivity index (χ0n) is 15.3. The molecule has 136 valence electrons. The number of aromatic nitrogens is 3. The van der Waals surface area contributed by atoms with Gasteiger partial charge in [0.25, 0.3) is 0 Å². The van der Waals surface area contributed by atoms with Crippen LogP contribution in [0.4, 0.5) is 0 Å². The number of esters is 1. The summed E-state index contributed by atoms with van der Waals surface area (Å²) in [5.41, 5.74) is 4.70. The highest BCUT2D eigenvalue weighted by Gasteiger charge is 2.12. The predicted molar refractivity (Wildman–Crippen MR) is 102 cm³/mol. The molecule has 0 fully saturated rings. The molecular formula is C19H21N3O3S. The first kappa shape index (κ1) is 18.3. The number of fused-ring (bicyclic) bond motifs is 1. The molecule has 0 amide bonds. The number of H-pyrrole nitrogens is 1. The van der Waals surface area contributed by atoms with Gasteiger partial charge >= 0.3 is 5.97 Å². The summed E-state index contributed by atoms with van der Waals surface area (Å²) in [6.45, 7) is 5.77. The third kappa shape index (κ3) is 3.83. The normalized spacial score (nSPS) is 10.9. The number of rotatable bonds is 6. The highest BCUT2D eigenvalue weighted by atomic mass is 32.2. The van der Waals surface area contributed by atoms with Crippen molar-refractivity contribution in [2.24, 2.45) is 0 Å². The van der Waals surface area contributed by atoms with Crippen LogP contribution in [0.25, 0.3) is 11.0 Å². The topological polar surface area (TPSA) is 77.1 Å². The van der Waals surface area contributed by atoms with Crippen LogP contribution in [0.15, 0.2) is 29.6 Å². The number of hydrogen-bond donors (Lipinski definition) is 1. The molecule has 0 atom stereocenters. The van der Waals surface area contributed by atoms with Crippen molar-refractivity contribution in [1.82, 2.24) is 15.0 Å². The number of methoxy groups -OCH3 is 1. The van der Waals surface area contributed by atoms with E-state index in [1.165, 1.54) is 0 Å². The number of aryl methyl sites for hydroxylation is 1. The number of pyridine rings is 1. The Hall–Kier alpha value is -2.54. The van der Waals surface area contributed by atoms with Crippen molar-refractivity contribution in [3.05, 3.63) is 41.2 Å². The van der Waals surface area contributed by atoms with Crippen LogP contribution in [0.5, 0.6) is 11.5 Å². The van der Waals surface area contributed by atoms with Crippen LogP contribution < -0.4 is 9.47 Å². The summed E-state index contributed by atoms with van der Waals surface area (Å²) in [7, 11) is 1.68. The molecule has 0 spiro atoms. The van der Waals surface area contributed by atoms with E-state index >= 15 is 0 Å². The summed E-state index contributed by atoms with van der Waals surface area (Å²) in [6, 6.07) is 5.38. The maximum atomic E-state index is 11.4. The Morgan fingerprint density at radius 3 is 2.85 bits per heavy atom. The fourth-order valence-electron chi connectivity index (χ4n) is 2.65. The fraction of sp³-hybridized carbons (Fsp3) is 0.316. The molecule has 0 saturated heterocycles. The highest BCUT2D eigenvalue weighted by molar-refractivity contribution is 7.98. The van der Waals surface area contributed by atoms with E-state index in [2.05, 4.69) is 15.0 Å². The number of aromatic amines is 1. The largest absolute Gasteiger partial charge is 0.496 e. The Bertz CT molecular complexity index is 953. The number of nitrogens with zero attached hydrogens (tertiary/aromatic N) is 2. The van der Waals surface area contributed by atoms with Gasteiger partial charge in [0.05, 0.1) is 23.8 Å². The fourth-order valence-corrected chi connectivity index (χ4v) is 3.56. The standard InChI is InChI=1S/C19H21N3O3S/c1-5-17(23)25-13-6-7-14-15(8-13)22-19(21-14)26-10-16-12(3)18(24-4)11(2)9-20-16/h6-9H,5,10H2,1-4H3,(H,21,22). The highest BCUT2D eigenvalue weighted by Crippen LogP contribution is 2.29.